The zero-order valence-electron chi connectivity index (χ0n) is 7.42. The molecule has 0 aromatic carbocycles. The largest absolute Gasteiger partial charge is 0.244 e. The zero-order valence-corrected chi connectivity index (χ0v) is 9.00. The van der Waals surface area contributed by atoms with Crippen LogP contribution in [0.15, 0.2) is 17.0 Å². The predicted octanol–water partition coefficient (Wildman–Crippen LogP) is 2.83. The van der Waals surface area contributed by atoms with Gasteiger partial charge in [-0.15, -0.1) is 0 Å². The molecule has 2 nitrogen and oxygen atoms in total. The highest BCUT2D eigenvalue weighted by Gasteiger charge is 2.01. The summed E-state index contributed by atoms with van der Waals surface area (Å²) in [5, 5.41) is 0. The van der Waals surface area contributed by atoms with Gasteiger partial charge in [-0.2, -0.15) is 0 Å². The molecule has 0 aliphatic heterocycles. The molecule has 0 saturated heterocycles. The van der Waals surface area contributed by atoms with E-state index in [-0.39, 0.29) is 0 Å². The van der Waals surface area contributed by atoms with Crippen molar-refractivity contribution in [2.24, 2.45) is 5.92 Å². The van der Waals surface area contributed by atoms with Crippen molar-refractivity contribution in [3.8, 4) is 0 Å². The highest BCUT2D eigenvalue weighted by atomic mass is 79.9. The van der Waals surface area contributed by atoms with Crippen LogP contribution in [0.5, 0.6) is 0 Å². The van der Waals surface area contributed by atoms with E-state index in [1.54, 1.807) is 12.5 Å². The fraction of sp³-hybridized carbons (Fsp3) is 0.556. The molecule has 3 heteroatoms. The minimum Gasteiger partial charge on any atom is -0.244 e. The van der Waals surface area contributed by atoms with Gasteiger partial charge < -0.3 is 0 Å². The summed E-state index contributed by atoms with van der Waals surface area (Å²) < 4.78 is 1.02. The van der Waals surface area contributed by atoms with E-state index in [9.17, 15) is 0 Å². The minimum atomic E-state index is 0.729. The van der Waals surface area contributed by atoms with Gasteiger partial charge in [-0.3, -0.25) is 0 Å². The Morgan fingerprint density at radius 2 is 2.25 bits per heavy atom. The maximum Gasteiger partial charge on any atom is 0.115 e. The summed E-state index contributed by atoms with van der Waals surface area (Å²) in [6.07, 6.45) is 5.60. The third-order valence-electron chi connectivity index (χ3n) is 1.70. The molecular weight excluding hydrogens is 216 g/mol. The van der Waals surface area contributed by atoms with Crippen LogP contribution in [-0.2, 0) is 6.42 Å². The van der Waals surface area contributed by atoms with Crippen LogP contribution >= 0.6 is 15.9 Å². The summed E-state index contributed by atoms with van der Waals surface area (Å²) in [5.41, 5.74) is 1.11. The Morgan fingerprint density at radius 1 is 1.50 bits per heavy atom. The van der Waals surface area contributed by atoms with E-state index in [2.05, 4.69) is 39.7 Å². The monoisotopic (exact) mass is 228 g/mol. The van der Waals surface area contributed by atoms with Gasteiger partial charge in [0, 0.05) is 6.20 Å². The first-order valence-electron chi connectivity index (χ1n) is 4.14. The van der Waals surface area contributed by atoms with Crippen molar-refractivity contribution < 1.29 is 0 Å². The molecule has 0 N–H and O–H groups in total. The van der Waals surface area contributed by atoms with E-state index >= 15 is 0 Å². The number of rotatable bonds is 3. The van der Waals surface area contributed by atoms with Gasteiger partial charge in [-0.25, -0.2) is 9.97 Å². The third-order valence-corrected chi connectivity index (χ3v) is 2.36. The van der Waals surface area contributed by atoms with Crippen LogP contribution < -0.4 is 0 Å². The Hall–Kier alpha value is -0.440. The van der Waals surface area contributed by atoms with Crippen LogP contribution in [0.1, 0.15) is 26.0 Å². The molecule has 1 rings (SSSR count). The number of hydrogen-bond donors (Lipinski definition) is 0. The Balaban J connectivity index is 2.57. The predicted molar refractivity (Wildman–Crippen MR) is 52.9 cm³/mol. The van der Waals surface area contributed by atoms with Crippen molar-refractivity contribution >= 4 is 15.9 Å². The van der Waals surface area contributed by atoms with Crippen LogP contribution in [0.3, 0.4) is 0 Å². The van der Waals surface area contributed by atoms with Gasteiger partial charge in [-0.05, 0) is 34.7 Å². The van der Waals surface area contributed by atoms with Crippen molar-refractivity contribution in [3.63, 3.8) is 0 Å². The van der Waals surface area contributed by atoms with Gasteiger partial charge in [0.25, 0.3) is 0 Å². The summed E-state index contributed by atoms with van der Waals surface area (Å²) in [6.45, 7) is 4.43. The minimum absolute atomic E-state index is 0.729. The number of halogens is 1. The average molecular weight is 229 g/mol. The summed E-state index contributed by atoms with van der Waals surface area (Å²) >= 11 is 3.42. The summed E-state index contributed by atoms with van der Waals surface area (Å²) in [5.74, 6) is 0.729. The molecule has 1 heterocycles. The number of nitrogens with zero attached hydrogens (tertiary/aromatic N) is 2. The number of aromatic nitrogens is 2. The molecule has 0 aliphatic carbocycles. The lowest BCUT2D eigenvalue weighted by molar-refractivity contribution is 0.580. The number of aryl methyl sites for hydroxylation is 1. The summed E-state index contributed by atoms with van der Waals surface area (Å²) in [6, 6.07) is 0. The summed E-state index contributed by atoms with van der Waals surface area (Å²) in [4.78, 5) is 8.11. The van der Waals surface area contributed by atoms with E-state index in [0.29, 0.717) is 0 Å². The molecule has 12 heavy (non-hydrogen) atoms. The van der Waals surface area contributed by atoms with Gasteiger partial charge in [0.05, 0.1) is 10.2 Å². The number of hydrogen-bond acceptors (Lipinski definition) is 2. The quantitative estimate of drug-likeness (QED) is 0.796. The van der Waals surface area contributed by atoms with Crippen LogP contribution in [-0.4, -0.2) is 9.97 Å². The molecular formula is C9H13BrN2. The molecule has 0 spiro atoms. The highest BCUT2D eigenvalue weighted by molar-refractivity contribution is 9.10. The second-order valence-electron chi connectivity index (χ2n) is 3.25. The second kappa shape index (κ2) is 4.55. The molecule has 66 valence electrons. The Bertz CT molecular complexity index is 248. The van der Waals surface area contributed by atoms with E-state index in [0.717, 1.165) is 22.5 Å². The molecule has 0 fully saturated rings. The second-order valence-corrected chi connectivity index (χ2v) is 4.10. The molecule has 1 aromatic rings. The lowest BCUT2D eigenvalue weighted by Gasteiger charge is -2.04. The van der Waals surface area contributed by atoms with Gasteiger partial charge in [0.2, 0.25) is 0 Å². The van der Waals surface area contributed by atoms with Crippen LogP contribution in [0.25, 0.3) is 0 Å². The fourth-order valence-corrected chi connectivity index (χ4v) is 1.37. The molecule has 0 unspecified atom stereocenters. The van der Waals surface area contributed by atoms with Crippen LogP contribution in [0, 0.1) is 5.92 Å². The summed E-state index contributed by atoms with van der Waals surface area (Å²) in [7, 11) is 0. The SMILES string of the molecule is CC(C)CCc1ncncc1Br. The molecule has 0 saturated carbocycles. The van der Waals surface area contributed by atoms with Crippen molar-refractivity contribution in [3.05, 3.63) is 22.7 Å². The molecule has 0 aliphatic rings. The Labute approximate surface area is 81.6 Å². The van der Waals surface area contributed by atoms with E-state index < -0.39 is 0 Å². The first-order valence-corrected chi connectivity index (χ1v) is 4.94. The molecule has 0 amide bonds. The Kier molecular flexibility index (Phi) is 3.66. The molecule has 1 aromatic heterocycles. The first-order chi connectivity index (χ1) is 5.70. The van der Waals surface area contributed by atoms with E-state index in [1.165, 1.54) is 6.42 Å². The topological polar surface area (TPSA) is 25.8 Å². The fourth-order valence-electron chi connectivity index (χ4n) is 0.947. The Morgan fingerprint density at radius 3 is 2.83 bits per heavy atom. The van der Waals surface area contributed by atoms with Gasteiger partial charge in [0.15, 0.2) is 0 Å². The van der Waals surface area contributed by atoms with E-state index in [1.807, 2.05) is 0 Å². The van der Waals surface area contributed by atoms with Crippen LogP contribution in [0.2, 0.25) is 0 Å². The highest BCUT2D eigenvalue weighted by Crippen LogP contribution is 2.15. The zero-order chi connectivity index (χ0) is 8.97. The maximum absolute atomic E-state index is 4.19. The van der Waals surface area contributed by atoms with Gasteiger partial charge in [0.1, 0.15) is 6.33 Å². The molecule has 0 atom stereocenters. The third kappa shape index (κ3) is 2.89. The van der Waals surface area contributed by atoms with E-state index in [4.69, 9.17) is 0 Å². The van der Waals surface area contributed by atoms with Crippen molar-refractivity contribution in [2.75, 3.05) is 0 Å². The lowest BCUT2D eigenvalue weighted by Crippen LogP contribution is -1.96. The molecule has 0 radical (unpaired) electrons. The van der Waals surface area contributed by atoms with Crippen molar-refractivity contribution in [1.29, 1.82) is 0 Å². The molecule has 0 bridgehead atoms. The normalized spacial score (nSPS) is 10.7. The first kappa shape index (κ1) is 9.65. The van der Waals surface area contributed by atoms with Gasteiger partial charge >= 0.3 is 0 Å². The van der Waals surface area contributed by atoms with Crippen molar-refractivity contribution in [2.45, 2.75) is 26.7 Å². The van der Waals surface area contributed by atoms with Crippen LogP contribution in [0.4, 0.5) is 0 Å². The average Bonchev–Trinajstić information content (AvgIpc) is 2.03. The van der Waals surface area contributed by atoms with Crippen molar-refractivity contribution in [1.82, 2.24) is 9.97 Å². The smallest absolute Gasteiger partial charge is 0.115 e. The maximum atomic E-state index is 4.19. The lowest BCUT2D eigenvalue weighted by atomic mass is 10.1. The van der Waals surface area contributed by atoms with Gasteiger partial charge in [-0.1, -0.05) is 13.8 Å². The standard InChI is InChI=1S/C9H13BrN2/c1-7(2)3-4-9-8(10)5-11-6-12-9/h5-7H,3-4H2,1-2H3.